The molecule has 0 aromatic heterocycles. The number of para-hydroxylation sites is 1. The molecule has 18 heavy (non-hydrogen) atoms. The first-order valence-corrected chi connectivity index (χ1v) is 7.20. The predicted molar refractivity (Wildman–Crippen MR) is 78.5 cm³/mol. The molecule has 0 aliphatic rings. The first kappa shape index (κ1) is 15.1. The molecule has 1 aromatic carbocycles. The third kappa shape index (κ3) is 4.73. The summed E-state index contributed by atoms with van der Waals surface area (Å²) < 4.78 is 5.26. The van der Waals surface area contributed by atoms with Gasteiger partial charge in [0.1, 0.15) is 5.75 Å². The third-order valence-corrected chi connectivity index (χ3v) is 3.43. The van der Waals surface area contributed by atoms with Crippen LogP contribution in [-0.4, -0.2) is 11.7 Å². The highest BCUT2D eigenvalue weighted by Gasteiger charge is 2.15. The van der Waals surface area contributed by atoms with Gasteiger partial charge in [-0.1, -0.05) is 44.4 Å². The zero-order valence-electron chi connectivity index (χ0n) is 11.2. The summed E-state index contributed by atoms with van der Waals surface area (Å²) in [5.41, 5.74) is 1.10. The van der Waals surface area contributed by atoms with Crippen LogP contribution in [0.5, 0.6) is 5.75 Å². The van der Waals surface area contributed by atoms with Crippen molar-refractivity contribution < 1.29 is 9.53 Å². The number of ether oxygens (including phenoxy) is 1. The molecule has 1 unspecified atom stereocenters. The van der Waals surface area contributed by atoms with Crippen LogP contribution in [0, 0.1) is 0 Å². The molecule has 0 heterocycles. The molecule has 100 valence electrons. The molecule has 0 spiro atoms. The van der Waals surface area contributed by atoms with Crippen molar-refractivity contribution in [2.75, 3.05) is 5.75 Å². The molecule has 0 saturated carbocycles. The van der Waals surface area contributed by atoms with Gasteiger partial charge in [0.15, 0.2) is 0 Å². The smallest absolute Gasteiger partial charge is 0.308 e. The SMILES string of the molecule is CCCCCC(CS)c1ccccc1OC(C)=O. The summed E-state index contributed by atoms with van der Waals surface area (Å²) in [6.07, 6.45) is 4.73. The number of rotatable bonds is 7. The molecule has 1 atom stereocenters. The number of unbranched alkanes of at least 4 members (excludes halogenated alkanes) is 2. The van der Waals surface area contributed by atoms with E-state index in [9.17, 15) is 4.79 Å². The van der Waals surface area contributed by atoms with Crippen molar-refractivity contribution >= 4 is 18.6 Å². The fourth-order valence-electron chi connectivity index (χ4n) is 2.05. The quantitative estimate of drug-likeness (QED) is 0.346. The Balaban J connectivity index is 2.80. The predicted octanol–water partition coefficient (Wildman–Crippen LogP) is 4.21. The molecule has 1 aromatic rings. The third-order valence-electron chi connectivity index (χ3n) is 2.99. The summed E-state index contributed by atoms with van der Waals surface area (Å²) in [7, 11) is 0. The van der Waals surface area contributed by atoms with Crippen molar-refractivity contribution in [2.45, 2.75) is 45.4 Å². The highest BCUT2D eigenvalue weighted by atomic mass is 32.1. The molecule has 1 rings (SSSR count). The lowest BCUT2D eigenvalue weighted by Gasteiger charge is -2.17. The first-order chi connectivity index (χ1) is 8.69. The second-order valence-corrected chi connectivity index (χ2v) is 4.87. The van der Waals surface area contributed by atoms with Gasteiger partial charge in [0.2, 0.25) is 0 Å². The molecule has 0 N–H and O–H groups in total. The van der Waals surface area contributed by atoms with Crippen LogP contribution in [0.15, 0.2) is 24.3 Å². The minimum absolute atomic E-state index is 0.270. The average Bonchev–Trinajstić information content (AvgIpc) is 2.35. The minimum atomic E-state index is -0.270. The van der Waals surface area contributed by atoms with E-state index >= 15 is 0 Å². The van der Waals surface area contributed by atoms with Gasteiger partial charge >= 0.3 is 5.97 Å². The summed E-state index contributed by atoms with van der Waals surface area (Å²) in [6, 6.07) is 7.76. The van der Waals surface area contributed by atoms with Crippen molar-refractivity contribution in [3.8, 4) is 5.75 Å². The summed E-state index contributed by atoms with van der Waals surface area (Å²) >= 11 is 4.43. The van der Waals surface area contributed by atoms with Crippen LogP contribution in [0.1, 0.15) is 51.0 Å². The lowest BCUT2D eigenvalue weighted by atomic mass is 9.94. The van der Waals surface area contributed by atoms with Crippen molar-refractivity contribution in [1.82, 2.24) is 0 Å². The van der Waals surface area contributed by atoms with Crippen LogP contribution in [0.2, 0.25) is 0 Å². The summed E-state index contributed by atoms with van der Waals surface area (Å²) in [5.74, 6) is 1.55. The topological polar surface area (TPSA) is 26.3 Å². The van der Waals surface area contributed by atoms with E-state index in [1.165, 1.54) is 26.2 Å². The van der Waals surface area contributed by atoms with Crippen molar-refractivity contribution in [3.05, 3.63) is 29.8 Å². The monoisotopic (exact) mass is 266 g/mol. The van der Waals surface area contributed by atoms with Crippen LogP contribution in [0.25, 0.3) is 0 Å². The van der Waals surface area contributed by atoms with E-state index < -0.39 is 0 Å². The highest BCUT2D eigenvalue weighted by molar-refractivity contribution is 7.80. The fourth-order valence-corrected chi connectivity index (χ4v) is 2.43. The molecule has 0 aliphatic carbocycles. The van der Waals surface area contributed by atoms with Gasteiger partial charge in [-0.3, -0.25) is 4.79 Å². The van der Waals surface area contributed by atoms with Crippen LogP contribution in [0.4, 0.5) is 0 Å². The van der Waals surface area contributed by atoms with Crippen molar-refractivity contribution in [2.24, 2.45) is 0 Å². The second-order valence-electron chi connectivity index (χ2n) is 4.51. The van der Waals surface area contributed by atoms with E-state index in [1.807, 2.05) is 24.3 Å². The normalized spacial score (nSPS) is 12.2. The summed E-state index contributed by atoms with van der Waals surface area (Å²) in [4.78, 5) is 11.1. The van der Waals surface area contributed by atoms with E-state index in [2.05, 4.69) is 19.6 Å². The van der Waals surface area contributed by atoms with Crippen LogP contribution in [-0.2, 0) is 4.79 Å². The Hall–Kier alpha value is -0.960. The number of hydrogen-bond donors (Lipinski definition) is 1. The molecule has 0 amide bonds. The van der Waals surface area contributed by atoms with Crippen molar-refractivity contribution in [1.29, 1.82) is 0 Å². The number of benzene rings is 1. The molecule has 0 aliphatic heterocycles. The van der Waals surface area contributed by atoms with Gasteiger partial charge in [0.05, 0.1) is 0 Å². The number of thiol groups is 1. The molecule has 2 nitrogen and oxygen atoms in total. The standard InChI is InChI=1S/C15H22O2S/c1-3-4-5-8-13(11-18)14-9-6-7-10-15(14)17-12(2)16/h6-7,9-10,13,18H,3-5,8,11H2,1-2H3. The number of carbonyl (C=O) groups is 1. The van der Waals surface area contributed by atoms with E-state index in [0.717, 1.165) is 17.7 Å². The minimum Gasteiger partial charge on any atom is -0.426 e. The molecule has 0 bridgehead atoms. The molecule has 0 radical (unpaired) electrons. The number of carbonyl (C=O) groups excluding carboxylic acids is 1. The maximum Gasteiger partial charge on any atom is 0.308 e. The van der Waals surface area contributed by atoms with E-state index in [4.69, 9.17) is 4.74 Å². The summed E-state index contributed by atoms with van der Waals surface area (Å²) in [5, 5.41) is 0. The fraction of sp³-hybridized carbons (Fsp3) is 0.533. The Morgan fingerprint density at radius 3 is 2.67 bits per heavy atom. The summed E-state index contributed by atoms with van der Waals surface area (Å²) in [6.45, 7) is 3.63. The highest BCUT2D eigenvalue weighted by Crippen LogP contribution is 2.31. The zero-order chi connectivity index (χ0) is 13.4. The Morgan fingerprint density at radius 2 is 2.06 bits per heavy atom. The van der Waals surface area contributed by atoms with Gasteiger partial charge in [-0.25, -0.2) is 0 Å². The van der Waals surface area contributed by atoms with E-state index in [0.29, 0.717) is 11.7 Å². The Morgan fingerprint density at radius 1 is 1.33 bits per heavy atom. The van der Waals surface area contributed by atoms with Crippen LogP contribution >= 0.6 is 12.6 Å². The number of hydrogen-bond acceptors (Lipinski definition) is 3. The van der Waals surface area contributed by atoms with Gasteiger partial charge in [0, 0.05) is 6.92 Å². The van der Waals surface area contributed by atoms with Gasteiger partial charge < -0.3 is 4.74 Å². The second kappa shape index (κ2) is 8.20. The lowest BCUT2D eigenvalue weighted by Crippen LogP contribution is -2.08. The van der Waals surface area contributed by atoms with E-state index in [-0.39, 0.29) is 5.97 Å². The van der Waals surface area contributed by atoms with Gasteiger partial charge in [0.25, 0.3) is 0 Å². The van der Waals surface area contributed by atoms with Crippen molar-refractivity contribution in [3.63, 3.8) is 0 Å². The molecule has 0 saturated heterocycles. The van der Waals surface area contributed by atoms with Crippen LogP contribution in [0.3, 0.4) is 0 Å². The average molecular weight is 266 g/mol. The van der Waals surface area contributed by atoms with Gasteiger partial charge in [-0.2, -0.15) is 12.6 Å². The van der Waals surface area contributed by atoms with Crippen LogP contribution < -0.4 is 4.74 Å². The Bertz CT molecular complexity index is 377. The molecule has 0 fully saturated rings. The molecular formula is C15H22O2S. The van der Waals surface area contributed by atoms with Gasteiger partial charge in [-0.15, -0.1) is 0 Å². The molecular weight excluding hydrogens is 244 g/mol. The van der Waals surface area contributed by atoms with Gasteiger partial charge in [-0.05, 0) is 29.7 Å². The first-order valence-electron chi connectivity index (χ1n) is 6.57. The Kier molecular flexibility index (Phi) is 6.88. The number of esters is 1. The maximum absolute atomic E-state index is 11.1. The van der Waals surface area contributed by atoms with E-state index in [1.54, 1.807) is 0 Å². The lowest BCUT2D eigenvalue weighted by molar-refractivity contribution is -0.131. The largest absolute Gasteiger partial charge is 0.426 e. The molecule has 3 heteroatoms. The zero-order valence-corrected chi connectivity index (χ0v) is 12.1. The maximum atomic E-state index is 11.1. The Labute approximate surface area is 115 Å².